The topological polar surface area (TPSA) is 80.9 Å². The highest BCUT2D eigenvalue weighted by Gasteiger charge is 2.09. The van der Waals surface area contributed by atoms with Crippen LogP contribution in [0, 0.1) is 20.8 Å². The second-order valence-corrected chi connectivity index (χ2v) is 5.53. The predicted molar refractivity (Wildman–Crippen MR) is 86.3 cm³/mol. The number of nitrogens with zero attached hydrogens (tertiary/aromatic N) is 3. The molecule has 2 aromatic heterocycles. The average Bonchev–Trinajstić information content (AvgIpc) is 2.93. The first kappa shape index (κ1) is 15.1. The van der Waals surface area contributed by atoms with Gasteiger partial charge in [0, 0.05) is 24.6 Å². The molecule has 3 rings (SSSR count). The molecule has 0 radical (unpaired) electrons. The number of aromatic nitrogens is 3. The van der Waals surface area contributed by atoms with Crippen LogP contribution in [0.3, 0.4) is 0 Å². The summed E-state index contributed by atoms with van der Waals surface area (Å²) < 4.78 is 5.00. The van der Waals surface area contributed by atoms with Crippen LogP contribution in [-0.2, 0) is 6.42 Å². The van der Waals surface area contributed by atoms with E-state index < -0.39 is 0 Å². The summed E-state index contributed by atoms with van der Waals surface area (Å²) in [5.41, 5.74) is 4.70. The van der Waals surface area contributed by atoms with Gasteiger partial charge in [0.15, 0.2) is 0 Å². The average molecular weight is 310 g/mol. The molecule has 0 aliphatic rings. The van der Waals surface area contributed by atoms with E-state index >= 15 is 0 Å². The number of benzene rings is 1. The highest BCUT2D eigenvalue weighted by molar-refractivity contribution is 5.97. The summed E-state index contributed by atoms with van der Waals surface area (Å²) >= 11 is 0. The molecule has 1 N–H and O–H groups in total. The molecule has 2 heterocycles. The molecule has 0 fully saturated rings. The third-order valence-corrected chi connectivity index (χ3v) is 3.68. The van der Waals surface area contributed by atoms with Crippen molar-refractivity contribution in [1.82, 2.24) is 20.4 Å². The van der Waals surface area contributed by atoms with Crippen LogP contribution in [0.5, 0.6) is 0 Å². The molecule has 3 aromatic rings. The van der Waals surface area contributed by atoms with Crippen molar-refractivity contribution < 1.29 is 9.32 Å². The zero-order valence-electron chi connectivity index (χ0n) is 13.4. The number of nitrogens with one attached hydrogen (secondary N) is 1. The number of aryl methyl sites for hydroxylation is 3. The molecule has 0 unspecified atom stereocenters. The molecule has 0 aliphatic heterocycles. The quantitative estimate of drug-likeness (QED) is 0.801. The Hall–Kier alpha value is -2.76. The van der Waals surface area contributed by atoms with Crippen LogP contribution in [-0.4, -0.2) is 27.6 Å². The molecular weight excluding hydrogens is 292 g/mol. The second-order valence-electron chi connectivity index (χ2n) is 5.53. The van der Waals surface area contributed by atoms with E-state index in [0.717, 1.165) is 33.9 Å². The minimum Gasteiger partial charge on any atom is -0.361 e. The Labute approximate surface area is 133 Å². The number of hydrogen-bond acceptors (Lipinski definition) is 5. The zero-order valence-corrected chi connectivity index (χ0v) is 13.4. The largest absolute Gasteiger partial charge is 0.361 e. The van der Waals surface area contributed by atoms with E-state index in [1.54, 1.807) is 12.1 Å². The molecule has 6 nitrogen and oxygen atoms in total. The molecule has 0 saturated heterocycles. The van der Waals surface area contributed by atoms with Crippen LogP contribution >= 0.6 is 0 Å². The lowest BCUT2D eigenvalue weighted by molar-refractivity contribution is 0.0954. The molecule has 0 bridgehead atoms. The van der Waals surface area contributed by atoms with Gasteiger partial charge >= 0.3 is 0 Å². The lowest BCUT2D eigenvalue weighted by atomic mass is 10.1. The van der Waals surface area contributed by atoms with E-state index in [4.69, 9.17) is 4.52 Å². The van der Waals surface area contributed by atoms with Gasteiger partial charge in [-0.25, -0.2) is 9.97 Å². The summed E-state index contributed by atoms with van der Waals surface area (Å²) in [7, 11) is 0. The minimum atomic E-state index is -0.132. The molecular formula is C17H18N4O2. The number of carbonyl (C=O) groups is 1. The van der Waals surface area contributed by atoms with Crippen LogP contribution in [0.2, 0.25) is 0 Å². The summed E-state index contributed by atoms with van der Waals surface area (Å²) in [6, 6.07) is 7.22. The highest BCUT2D eigenvalue weighted by Crippen LogP contribution is 2.14. The molecule has 118 valence electrons. The van der Waals surface area contributed by atoms with Crippen molar-refractivity contribution in [2.24, 2.45) is 0 Å². The van der Waals surface area contributed by atoms with E-state index in [1.165, 1.54) is 0 Å². The monoisotopic (exact) mass is 310 g/mol. The van der Waals surface area contributed by atoms with Gasteiger partial charge < -0.3 is 9.84 Å². The van der Waals surface area contributed by atoms with Gasteiger partial charge in [0.1, 0.15) is 5.76 Å². The van der Waals surface area contributed by atoms with Crippen molar-refractivity contribution in [3.63, 3.8) is 0 Å². The Morgan fingerprint density at radius 1 is 1.09 bits per heavy atom. The van der Waals surface area contributed by atoms with Gasteiger partial charge in [0.2, 0.25) is 0 Å². The van der Waals surface area contributed by atoms with E-state index in [2.05, 4.69) is 20.4 Å². The van der Waals surface area contributed by atoms with Gasteiger partial charge in [-0.15, -0.1) is 0 Å². The number of amides is 1. The van der Waals surface area contributed by atoms with Crippen LogP contribution < -0.4 is 5.32 Å². The lowest BCUT2D eigenvalue weighted by Crippen LogP contribution is -2.25. The fraction of sp³-hybridized carbons (Fsp3) is 0.294. The molecule has 0 atom stereocenters. The van der Waals surface area contributed by atoms with Crippen LogP contribution in [0.25, 0.3) is 11.0 Å². The van der Waals surface area contributed by atoms with Crippen LogP contribution in [0.15, 0.2) is 28.8 Å². The van der Waals surface area contributed by atoms with E-state index in [-0.39, 0.29) is 5.91 Å². The summed E-state index contributed by atoms with van der Waals surface area (Å²) in [6.45, 7) is 6.18. The van der Waals surface area contributed by atoms with Gasteiger partial charge in [-0.1, -0.05) is 5.16 Å². The Kier molecular flexibility index (Phi) is 4.06. The van der Waals surface area contributed by atoms with Gasteiger partial charge in [-0.2, -0.15) is 0 Å². The maximum absolute atomic E-state index is 12.2. The molecule has 23 heavy (non-hydrogen) atoms. The van der Waals surface area contributed by atoms with Crippen molar-refractivity contribution in [2.45, 2.75) is 27.2 Å². The SMILES string of the molecule is Cc1cc(CCNC(=O)c2ccc3nc(C)c(C)nc3c2)no1. The van der Waals surface area contributed by atoms with Crippen molar-refractivity contribution in [3.05, 3.63) is 52.7 Å². The fourth-order valence-corrected chi connectivity index (χ4v) is 2.31. The summed E-state index contributed by atoms with van der Waals surface area (Å²) in [5.74, 6) is 0.636. The van der Waals surface area contributed by atoms with E-state index in [0.29, 0.717) is 18.5 Å². The Morgan fingerprint density at radius 2 is 1.83 bits per heavy atom. The zero-order chi connectivity index (χ0) is 16.4. The Morgan fingerprint density at radius 3 is 2.52 bits per heavy atom. The number of fused-ring (bicyclic) bond motifs is 1. The standard InChI is InChI=1S/C17H18N4O2/c1-10-8-14(21-23-10)6-7-18-17(22)13-4-5-15-16(9-13)20-12(3)11(2)19-15/h4-5,8-9H,6-7H2,1-3H3,(H,18,22). The molecule has 6 heteroatoms. The van der Waals surface area contributed by atoms with Gasteiger partial charge in [-0.05, 0) is 39.0 Å². The summed E-state index contributed by atoms with van der Waals surface area (Å²) in [6.07, 6.45) is 0.634. The van der Waals surface area contributed by atoms with Gasteiger partial charge in [0.25, 0.3) is 5.91 Å². The first-order valence-corrected chi connectivity index (χ1v) is 7.48. The first-order chi connectivity index (χ1) is 11.0. The maximum Gasteiger partial charge on any atom is 0.251 e. The van der Waals surface area contributed by atoms with Crippen molar-refractivity contribution in [2.75, 3.05) is 6.54 Å². The molecule has 0 aliphatic carbocycles. The number of rotatable bonds is 4. The van der Waals surface area contributed by atoms with Crippen molar-refractivity contribution in [3.8, 4) is 0 Å². The summed E-state index contributed by atoms with van der Waals surface area (Å²) in [5, 5.41) is 6.78. The van der Waals surface area contributed by atoms with Crippen LogP contribution in [0.1, 0.15) is 33.2 Å². The lowest BCUT2D eigenvalue weighted by Gasteiger charge is -2.06. The first-order valence-electron chi connectivity index (χ1n) is 7.48. The van der Waals surface area contributed by atoms with E-state index in [9.17, 15) is 4.79 Å². The third-order valence-electron chi connectivity index (χ3n) is 3.68. The molecule has 1 amide bonds. The molecule has 0 spiro atoms. The molecule has 1 aromatic carbocycles. The van der Waals surface area contributed by atoms with E-state index in [1.807, 2.05) is 32.9 Å². The molecule has 0 saturated carbocycles. The third kappa shape index (κ3) is 3.36. The van der Waals surface area contributed by atoms with Gasteiger partial charge in [0.05, 0.1) is 28.1 Å². The van der Waals surface area contributed by atoms with Gasteiger partial charge in [-0.3, -0.25) is 4.79 Å². The van der Waals surface area contributed by atoms with Crippen molar-refractivity contribution >= 4 is 16.9 Å². The Balaban J connectivity index is 1.69. The predicted octanol–water partition coefficient (Wildman–Crippen LogP) is 2.52. The van der Waals surface area contributed by atoms with Crippen molar-refractivity contribution in [1.29, 1.82) is 0 Å². The van der Waals surface area contributed by atoms with Crippen LogP contribution in [0.4, 0.5) is 0 Å². The fourth-order valence-electron chi connectivity index (χ4n) is 2.31. The Bertz CT molecular complexity index is 870. The second kappa shape index (κ2) is 6.16. The minimum absolute atomic E-state index is 0.132. The normalized spacial score (nSPS) is 10.9. The smallest absolute Gasteiger partial charge is 0.251 e. The summed E-state index contributed by atoms with van der Waals surface area (Å²) in [4.78, 5) is 21.2. The highest BCUT2D eigenvalue weighted by atomic mass is 16.5. The number of carbonyl (C=O) groups excluding carboxylic acids is 1. The number of hydrogen-bond donors (Lipinski definition) is 1. The maximum atomic E-state index is 12.2.